The molecule has 0 saturated carbocycles. The van der Waals surface area contributed by atoms with Gasteiger partial charge in [-0.1, -0.05) is 12.1 Å². The molecule has 5 heteroatoms. The summed E-state index contributed by atoms with van der Waals surface area (Å²) < 4.78 is 5.12. The fourth-order valence-electron chi connectivity index (χ4n) is 1.70. The van der Waals surface area contributed by atoms with E-state index in [0.29, 0.717) is 18.1 Å². The molecule has 19 heavy (non-hydrogen) atoms. The van der Waals surface area contributed by atoms with Crippen LogP contribution in [0.4, 0.5) is 5.95 Å². The quantitative estimate of drug-likeness (QED) is 0.884. The lowest BCUT2D eigenvalue weighted by Gasteiger charge is -2.17. The van der Waals surface area contributed by atoms with Gasteiger partial charge in [0.15, 0.2) is 0 Å². The standard InChI is InChI=1S/C14H17N3O2/c1-17(14-15-7-12(10-18)8-16-14)9-11-3-5-13(19-2)6-4-11/h3-8,18H,9-10H2,1-2H3. The van der Waals surface area contributed by atoms with Gasteiger partial charge in [0.25, 0.3) is 0 Å². The second kappa shape index (κ2) is 6.15. The van der Waals surface area contributed by atoms with Gasteiger partial charge < -0.3 is 14.7 Å². The van der Waals surface area contributed by atoms with E-state index in [1.807, 2.05) is 36.2 Å². The lowest BCUT2D eigenvalue weighted by Crippen LogP contribution is -2.19. The van der Waals surface area contributed by atoms with Crippen molar-refractivity contribution in [3.63, 3.8) is 0 Å². The van der Waals surface area contributed by atoms with Gasteiger partial charge in [0.1, 0.15) is 5.75 Å². The van der Waals surface area contributed by atoms with Gasteiger partial charge in [-0.05, 0) is 17.7 Å². The largest absolute Gasteiger partial charge is 0.497 e. The van der Waals surface area contributed by atoms with Gasteiger partial charge in [0, 0.05) is 31.5 Å². The van der Waals surface area contributed by atoms with Gasteiger partial charge in [-0.15, -0.1) is 0 Å². The van der Waals surface area contributed by atoms with Crippen LogP contribution in [0, 0.1) is 0 Å². The molecule has 0 fully saturated rings. The Kier molecular flexibility index (Phi) is 4.30. The first-order valence-electron chi connectivity index (χ1n) is 5.99. The van der Waals surface area contributed by atoms with Gasteiger partial charge in [-0.2, -0.15) is 0 Å². The summed E-state index contributed by atoms with van der Waals surface area (Å²) in [5.41, 5.74) is 1.86. The maximum atomic E-state index is 8.95. The molecule has 0 aliphatic carbocycles. The van der Waals surface area contributed by atoms with E-state index < -0.39 is 0 Å². The number of nitrogens with zero attached hydrogens (tertiary/aromatic N) is 3. The summed E-state index contributed by atoms with van der Waals surface area (Å²) in [7, 11) is 3.58. The molecule has 1 aromatic heterocycles. The summed E-state index contributed by atoms with van der Waals surface area (Å²) in [6.07, 6.45) is 3.26. The van der Waals surface area contributed by atoms with Crippen LogP contribution in [0.2, 0.25) is 0 Å². The molecule has 100 valence electrons. The van der Waals surface area contributed by atoms with Crippen LogP contribution < -0.4 is 9.64 Å². The molecule has 2 rings (SSSR count). The highest BCUT2D eigenvalue weighted by Crippen LogP contribution is 2.14. The number of methoxy groups -OCH3 is 1. The number of aliphatic hydroxyl groups excluding tert-OH is 1. The lowest BCUT2D eigenvalue weighted by molar-refractivity contribution is 0.281. The zero-order chi connectivity index (χ0) is 13.7. The van der Waals surface area contributed by atoms with E-state index in [-0.39, 0.29) is 6.61 Å². The number of ether oxygens (including phenoxy) is 1. The Morgan fingerprint density at radius 3 is 2.26 bits per heavy atom. The Balaban J connectivity index is 2.04. The Bertz CT molecular complexity index is 511. The molecule has 2 aromatic rings. The average Bonchev–Trinajstić information content (AvgIpc) is 2.48. The fraction of sp³-hybridized carbons (Fsp3) is 0.286. The third-order valence-corrected chi connectivity index (χ3v) is 2.79. The van der Waals surface area contributed by atoms with E-state index in [2.05, 4.69) is 9.97 Å². The van der Waals surface area contributed by atoms with Gasteiger partial charge in [0.05, 0.1) is 13.7 Å². The lowest BCUT2D eigenvalue weighted by atomic mass is 10.2. The molecule has 0 spiro atoms. The Labute approximate surface area is 112 Å². The van der Waals surface area contributed by atoms with Crippen LogP contribution in [-0.4, -0.2) is 29.2 Å². The predicted octanol–water partition coefficient (Wildman–Crippen LogP) is 1.61. The highest BCUT2D eigenvalue weighted by molar-refractivity contribution is 5.33. The zero-order valence-electron chi connectivity index (χ0n) is 11.1. The number of aliphatic hydroxyl groups is 1. The maximum absolute atomic E-state index is 8.95. The molecular formula is C14H17N3O2. The van der Waals surface area contributed by atoms with E-state index in [1.165, 1.54) is 0 Å². The summed E-state index contributed by atoms with van der Waals surface area (Å²) >= 11 is 0. The number of rotatable bonds is 5. The van der Waals surface area contributed by atoms with Crippen molar-refractivity contribution in [3.05, 3.63) is 47.8 Å². The Hall–Kier alpha value is -2.14. The summed E-state index contributed by atoms with van der Waals surface area (Å²) in [5.74, 6) is 1.47. The highest BCUT2D eigenvalue weighted by Gasteiger charge is 2.05. The third-order valence-electron chi connectivity index (χ3n) is 2.79. The smallest absolute Gasteiger partial charge is 0.225 e. The number of aromatic nitrogens is 2. The molecule has 0 unspecified atom stereocenters. The van der Waals surface area contributed by atoms with Crippen molar-refractivity contribution in [1.82, 2.24) is 9.97 Å². The number of hydrogen-bond acceptors (Lipinski definition) is 5. The Morgan fingerprint density at radius 2 is 1.74 bits per heavy atom. The van der Waals surface area contributed by atoms with E-state index in [4.69, 9.17) is 9.84 Å². The van der Waals surface area contributed by atoms with Gasteiger partial charge in [-0.3, -0.25) is 0 Å². The summed E-state index contributed by atoms with van der Waals surface area (Å²) in [6, 6.07) is 7.88. The van der Waals surface area contributed by atoms with Crippen LogP contribution in [0.5, 0.6) is 5.75 Å². The predicted molar refractivity (Wildman–Crippen MR) is 73.1 cm³/mol. The van der Waals surface area contributed by atoms with E-state index in [1.54, 1.807) is 19.5 Å². The normalized spacial score (nSPS) is 10.3. The minimum Gasteiger partial charge on any atom is -0.497 e. The van der Waals surface area contributed by atoms with Crippen molar-refractivity contribution < 1.29 is 9.84 Å². The summed E-state index contributed by atoms with van der Waals surface area (Å²) in [4.78, 5) is 10.4. The van der Waals surface area contributed by atoms with Crippen LogP contribution in [0.1, 0.15) is 11.1 Å². The number of hydrogen-bond donors (Lipinski definition) is 1. The Morgan fingerprint density at radius 1 is 1.11 bits per heavy atom. The second-order valence-electron chi connectivity index (χ2n) is 4.25. The molecule has 0 aliphatic heterocycles. The number of benzene rings is 1. The molecule has 1 aromatic carbocycles. The molecular weight excluding hydrogens is 242 g/mol. The minimum atomic E-state index is -0.0392. The molecule has 0 radical (unpaired) electrons. The number of anilines is 1. The molecule has 5 nitrogen and oxygen atoms in total. The van der Waals surface area contributed by atoms with E-state index >= 15 is 0 Å². The van der Waals surface area contributed by atoms with Crippen molar-refractivity contribution in [3.8, 4) is 5.75 Å². The topological polar surface area (TPSA) is 58.5 Å². The molecule has 0 atom stereocenters. The second-order valence-corrected chi connectivity index (χ2v) is 4.25. The molecule has 0 saturated heterocycles. The summed E-state index contributed by atoms with van der Waals surface area (Å²) in [6.45, 7) is 0.672. The molecule has 1 heterocycles. The van der Waals surface area contributed by atoms with Crippen molar-refractivity contribution in [2.75, 3.05) is 19.1 Å². The fourth-order valence-corrected chi connectivity index (χ4v) is 1.70. The third kappa shape index (κ3) is 3.42. The molecule has 1 N–H and O–H groups in total. The first-order chi connectivity index (χ1) is 9.22. The highest BCUT2D eigenvalue weighted by atomic mass is 16.5. The van der Waals surface area contributed by atoms with E-state index in [9.17, 15) is 0 Å². The minimum absolute atomic E-state index is 0.0392. The first-order valence-corrected chi connectivity index (χ1v) is 5.99. The van der Waals surface area contributed by atoms with Crippen molar-refractivity contribution in [1.29, 1.82) is 0 Å². The van der Waals surface area contributed by atoms with Gasteiger partial charge >= 0.3 is 0 Å². The van der Waals surface area contributed by atoms with Gasteiger partial charge in [-0.25, -0.2) is 9.97 Å². The van der Waals surface area contributed by atoms with Crippen molar-refractivity contribution in [2.45, 2.75) is 13.2 Å². The van der Waals surface area contributed by atoms with Crippen LogP contribution >= 0.6 is 0 Å². The maximum Gasteiger partial charge on any atom is 0.225 e. The molecule has 0 amide bonds. The summed E-state index contributed by atoms with van der Waals surface area (Å²) in [5, 5.41) is 8.95. The molecule has 0 aliphatic rings. The monoisotopic (exact) mass is 259 g/mol. The SMILES string of the molecule is COc1ccc(CN(C)c2ncc(CO)cn2)cc1. The van der Waals surface area contributed by atoms with Crippen LogP contribution in [-0.2, 0) is 13.2 Å². The van der Waals surface area contributed by atoms with Crippen LogP contribution in [0.15, 0.2) is 36.7 Å². The van der Waals surface area contributed by atoms with E-state index in [0.717, 1.165) is 11.3 Å². The van der Waals surface area contributed by atoms with Crippen LogP contribution in [0.25, 0.3) is 0 Å². The average molecular weight is 259 g/mol. The van der Waals surface area contributed by atoms with Crippen molar-refractivity contribution >= 4 is 5.95 Å². The van der Waals surface area contributed by atoms with Gasteiger partial charge in [0.2, 0.25) is 5.95 Å². The van der Waals surface area contributed by atoms with Crippen molar-refractivity contribution in [2.24, 2.45) is 0 Å². The first kappa shape index (κ1) is 13.3. The molecule has 0 bridgehead atoms. The van der Waals surface area contributed by atoms with Crippen LogP contribution in [0.3, 0.4) is 0 Å². The zero-order valence-corrected chi connectivity index (χ0v) is 11.1.